The number of H-pyrrole nitrogens is 1. The van der Waals surface area contributed by atoms with Crippen LogP contribution in [-0.4, -0.2) is 40.0 Å². The first-order valence-corrected chi connectivity index (χ1v) is 9.48. The van der Waals surface area contributed by atoms with E-state index in [1.165, 1.54) is 6.92 Å². The number of ether oxygens (including phenoxy) is 1. The predicted molar refractivity (Wildman–Crippen MR) is 116 cm³/mol. The van der Waals surface area contributed by atoms with Crippen molar-refractivity contribution in [3.8, 4) is 28.3 Å². The van der Waals surface area contributed by atoms with Crippen molar-refractivity contribution in [2.24, 2.45) is 0 Å². The summed E-state index contributed by atoms with van der Waals surface area (Å²) in [5.41, 5.74) is 6.16. The molecule has 0 aromatic carbocycles. The number of carbonyl (C=O) groups excluding carboxylic acids is 1. The molecule has 30 heavy (non-hydrogen) atoms. The molecule has 8 nitrogen and oxygen atoms in total. The maximum atomic E-state index is 11.5. The highest BCUT2D eigenvalue weighted by Crippen LogP contribution is 2.37. The van der Waals surface area contributed by atoms with Crippen LogP contribution in [0.4, 0.5) is 5.82 Å². The minimum absolute atomic E-state index is 0.174. The molecule has 0 atom stereocenters. The van der Waals surface area contributed by atoms with Crippen molar-refractivity contribution in [1.82, 2.24) is 25.3 Å². The van der Waals surface area contributed by atoms with E-state index in [1.807, 2.05) is 37.5 Å². The van der Waals surface area contributed by atoms with Gasteiger partial charge in [0.2, 0.25) is 5.91 Å². The summed E-state index contributed by atoms with van der Waals surface area (Å²) in [6.45, 7) is 2.17. The number of carbonyl (C=O) groups is 1. The number of aromatic amines is 1. The summed E-state index contributed by atoms with van der Waals surface area (Å²) in [7, 11) is 3.51. The van der Waals surface area contributed by atoms with E-state index in [1.54, 1.807) is 19.5 Å². The lowest BCUT2D eigenvalue weighted by Crippen LogP contribution is -2.07. The molecule has 1 amide bonds. The molecule has 0 aliphatic rings. The van der Waals surface area contributed by atoms with Crippen LogP contribution in [0, 0.1) is 0 Å². The maximum absolute atomic E-state index is 11.5. The third-order valence-corrected chi connectivity index (χ3v) is 4.65. The van der Waals surface area contributed by atoms with Gasteiger partial charge in [0, 0.05) is 31.4 Å². The maximum Gasteiger partial charge on any atom is 0.222 e. The molecule has 0 aliphatic heterocycles. The average Bonchev–Trinajstić information content (AvgIpc) is 3.12. The van der Waals surface area contributed by atoms with Crippen molar-refractivity contribution in [2.45, 2.75) is 13.5 Å². The van der Waals surface area contributed by atoms with Gasteiger partial charge in [0.1, 0.15) is 11.6 Å². The fourth-order valence-corrected chi connectivity index (χ4v) is 3.37. The highest BCUT2D eigenvalue weighted by molar-refractivity contribution is 6.01. The number of anilines is 1. The van der Waals surface area contributed by atoms with Gasteiger partial charge in [-0.1, -0.05) is 0 Å². The number of hydrogen-bond acceptors (Lipinski definition) is 6. The van der Waals surface area contributed by atoms with Gasteiger partial charge in [0.15, 0.2) is 0 Å². The second-order valence-electron chi connectivity index (χ2n) is 6.84. The van der Waals surface area contributed by atoms with E-state index in [9.17, 15) is 4.79 Å². The summed E-state index contributed by atoms with van der Waals surface area (Å²) in [6, 6.07) is 9.57. The molecule has 4 heterocycles. The fourth-order valence-electron chi connectivity index (χ4n) is 3.37. The van der Waals surface area contributed by atoms with E-state index in [4.69, 9.17) is 9.72 Å². The number of amides is 1. The summed E-state index contributed by atoms with van der Waals surface area (Å²) in [4.78, 5) is 28.4. The normalized spacial score (nSPS) is 10.9. The lowest BCUT2D eigenvalue weighted by Gasteiger charge is -2.07. The second kappa shape index (κ2) is 8.30. The van der Waals surface area contributed by atoms with Crippen molar-refractivity contribution in [2.75, 3.05) is 19.5 Å². The monoisotopic (exact) mass is 402 g/mol. The summed E-state index contributed by atoms with van der Waals surface area (Å²) in [6.07, 6.45) is 5.21. The Morgan fingerprint density at radius 2 is 2.00 bits per heavy atom. The number of rotatable bonds is 6. The zero-order valence-corrected chi connectivity index (χ0v) is 17.0. The highest BCUT2D eigenvalue weighted by Gasteiger charge is 2.18. The lowest BCUT2D eigenvalue weighted by atomic mass is 10.0. The zero-order chi connectivity index (χ0) is 21.1. The first-order chi connectivity index (χ1) is 14.6. The van der Waals surface area contributed by atoms with Gasteiger partial charge in [-0.25, -0.2) is 4.98 Å². The van der Waals surface area contributed by atoms with Crippen molar-refractivity contribution < 1.29 is 9.53 Å². The van der Waals surface area contributed by atoms with E-state index in [-0.39, 0.29) is 5.91 Å². The minimum atomic E-state index is -0.174. The second-order valence-corrected chi connectivity index (χ2v) is 6.84. The summed E-state index contributed by atoms with van der Waals surface area (Å²) in [5, 5.41) is 5.87. The van der Waals surface area contributed by atoms with Crippen LogP contribution in [0.1, 0.15) is 12.5 Å². The van der Waals surface area contributed by atoms with Crippen LogP contribution >= 0.6 is 0 Å². The average molecular weight is 402 g/mol. The molecule has 0 spiro atoms. The van der Waals surface area contributed by atoms with Gasteiger partial charge in [-0.3, -0.25) is 14.8 Å². The molecule has 0 fully saturated rings. The summed E-state index contributed by atoms with van der Waals surface area (Å²) < 4.78 is 5.24. The third kappa shape index (κ3) is 3.85. The largest absolute Gasteiger partial charge is 0.495 e. The van der Waals surface area contributed by atoms with Crippen LogP contribution in [-0.2, 0) is 11.3 Å². The molecule has 3 N–H and O–H groups in total. The Bertz CT molecular complexity index is 1200. The van der Waals surface area contributed by atoms with Crippen molar-refractivity contribution >= 4 is 22.8 Å². The predicted octanol–water partition coefficient (Wildman–Crippen LogP) is 3.37. The molecule has 0 aliphatic carbocycles. The van der Waals surface area contributed by atoms with E-state index in [0.29, 0.717) is 11.6 Å². The molecule has 0 saturated carbocycles. The van der Waals surface area contributed by atoms with Crippen LogP contribution < -0.4 is 15.4 Å². The van der Waals surface area contributed by atoms with Gasteiger partial charge < -0.3 is 20.4 Å². The van der Waals surface area contributed by atoms with Gasteiger partial charge in [-0.15, -0.1) is 0 Å². The molecular formula is C22H22N6O2. The molecule has 4 aromatic rings. The first-order valence-electron chi connectivity index (χ1n) is 9.48. The van der Waals surface area contributed by atoms with E-state index in [2.05, 4.69) is 31.7 Å². The smallest absolute Gasteiger partial charge is 0.222 e. The molecule has 0 saturated heterocycles. The quantitative estimate of drug-likeness (QED) is 0.457. The summed E-state index contributed by atoms with van der Waals surface area (Å²) in [5.74, 6) is 0.990. The van der Waals surface area contributed by atoms with Crippen LogP contribution in [0.5, 0.6) is 5.75 Å². The Kier molecular flexibility index (Phi) is 5.40. The van der Waals surface area contributed by atoms with Crippen LogP contribution in [0.2, 0.25) is 0 Å². The van der Waals surface area contributed by atoms with Crippen molar-refractivity contribution in [1.29, 1.82) is 0 Å². The number of methoxy groups -OCH3 is 1. The molecule has 4 aromatic heterocycles. The molecule has 0 bridgehead atoms. The Balaban J connectivity index is 1.91. The van der Waals surface area contributed by atoms with E-state index in [0.717, 1.165) is 45.7 Å². The van der Waals surface area contributed by atoms with Crippen LogP contribution in [0.25, 0.3) is 33.5 Å². The number of fused-ring (bicyclic) bond motifs is 1. The highest BCUT2D eigenvalue weighted by atomic mass is 16.5. The van der Waals surface area contributed by atoms with Crippen LogP contribution in [0.3, 0.4) is 0 Å². The number of nitrogens with zero attached hydrogens (tertiary/aromatic N) is 3. The third-order valence-electron chi connectivity index (χ3n) is 4.65. The van der Waals surface area contributed by atoms with Gasteiger partial charge >= 0.3 is 0 Å². The topological polar surface area (TPSA) is 105 Å². The standard InChI is InChI=1S/C22H22N6O2/c1-13(29)27-19-9-15(6-7-24-19)21-20(17-5-4-16(30-3)12-25-17)22-18(28-21)8-14(10-23-2)11-26-22/h4-9,11-12,23,28H,10H2,1-3H3,(H,24,27,29). The lowest BCUT2D eigenvalue weighted by molar-refractivity contribution is -0.114. The van der Waals surface area contributed by atoms with E-state index < -0.39 is 0 Å². The fraction of sp³-hybridized carbons (Fsp3) is 0.182. The van der Waals surface area contributed by atoms with E-state index >= 15 is 0 Å². The molecule has 4 rings (SSSR count). The minimum Gasteiger partial charge on any atom is -0.495 e. The Morgan fingerprint density at radius 1 is 1.13 bits per heavy atom. The number of nitrogens with one attached hydrogen (secondary N) is 3. The first kappa shape index (κ1) is 19.5. The molecule has 152 valence electrons. The summed E-state index contributed by atoms with van der Waals surface area (Å²) >= 11 is 0. The molecule has 8 heteroatoms. The Hall–Kier alpha value is -3.78. The van der Waals surface area contributed by atoms with Gasteiger partial charge in [-0.05, 0) is 42.9 Å². The van der Waals surface area contributed by atoms with Gasteiger partial charge in [0.25, 0.3) is 0 Å². The van der Waals surface area contributed by atoms with Crippen LogP contribution in [0.15, 0.2) is 48.9 Å². The SMILES string of the molecule is CNCc1cnc2c(-c3ccc(OC)cn3)c(-c3ccnc(NC(C)=O)c3)[nH]c2c1. The number of aromatic nitrogens is 4. The Morgan fingerprint density at radius 3 is 2.70 bits per heavy atom. The molecular weight excluding hydrogens is 380 g/mol. The van der Waals surface area contributed by atoms with Crippen molar-refractivity contribution in [3.63, 3.8) is 0 Å². The van der Waals surface area contributed by atoms with Crippen molar-refractivity contribution in [3.05, 3.63) is 54.5 Å². The van der Waals surface area contributed by atoms with Gasteiger partial charge in [-0.2, -0.15) is 0 Å². The van der Waals surface area contributed by atoms with Gasteiger partial charge in [0.05, 0.1) is 41.3 Å². The number of pyridine rings is 3. The molecule has 0 radical (unpaired) electrons. The zero-order valence-electron chi connectivity index (χ0n) is 17.0. The molecule has 0 unspecified atom stereocenters. The Labute approximate surface area is 173 Å². The number of hydrogen-bond donors (Lipinski definition) is 3.